The van der Waals surface area contributed by atoms with E-state index < -0.39 is 6.10 Å². The summed E-state index contributed by atoms with van der Waals surface area (Å²) in [4.78, 5) is 16.6. The molecule has 0 aliphatic carbocycles. The van der Waals surface area contributed by atoms with Crippen molar-refractivity contribution < 1.29 is 9.90 Å². The second-order valence-electron chi connectivity index (χ2n) is 7.50. The molecule has 4 atom stereocenters. The van der Waals surface area contributed by atoms with Gasteiger partial charge in [0.2, 0.25) is 5.91 Å². The minimum atomic E-state index is -0.549. The highest BCUT2D eigenvalue weighted by Crippen LogP contribution is 2.27. The van der Waals surface area contributed by atoms with Crippen molar-refractivity contribution in [2.75, 3.05) is 6.54 Å². The number of carbonyl (C=O) groups excluding carboxylic acids is 1. The number of hydrogen-bond donors (Lipinski definition) is 1. The van der Waals surface area contributed by atoms with Crippen LogP contribution in [0.15, 0.2) is 24.3 Å². The van der Waals surface area contributed by atoms with Crippen LogP contribution >= 0.6 is 11.6 Å². The van der Waals surface area contributed by atoms with Gasteiger partial charge in [-0.2, -0.15) is 0 Å². The van der Waals surface area contributed by atoms with Crippen molar-refractivity contribution in [1.82, 2.24) is 9.80 Å². The molecule has 1 amide bonds. The van der Waals surface area contributed by atoms with Crippen molar-refractivity contribution in [3.8, 4) is 0 Å². The fourth-order valence-electron chi connectivity index (χ4n) is 3.77. The number of likely N-dealkylation sites (tertiary alicyclic amines) is 1. The summed E-state index contributed by atoms with van der Waals surface area (Å²) in [7, 11) is 0. The molecule has 1 aliphatic heterocycles. The highest BCUT2D eigenvalue weighted by Gasteiger charge is 2.37. The molecule has 2 unspecified atom stereocenters. The first-order chi connectivity index (χ1) is 12.4. The Labute approximate surface area is 163 Å². The van der Waals surface area contributed by atoms with E-state index in [1.807, 2.05) is 29.2 Å². The second kappa shape index (κ2) is 9.72. The molecule has 1 N–H and O–H groups in total. The Kier molecular flexibility index (Phi) is 7.93. The van der Waals surface area contributed by atoms with Crippen LogP contribution in [-0.4, -0.2) is 51.6 Å². The highest BCUT2D eigenvalue weighted by molar-refractivity contribution is 6.31. The molecule has 0 bridgehead atoms. The summed E-state index contributed by atoms with van der Waals surface area (Å²) >= 11 is 6.27. The molecule has 1 aliphatic rings. The van der Waals surface area contributed by atoms with Crippen molar-refractivity contribution in [3.63, 3.8) is 0 Å². The van der Waals surface area contributed by atoms with Crippen molar-refractivity contribution in [1.29, 1.82) is 0 Å². The maximum atomic E-state index is 12.4. The Balaban J connectivity index is 2.11. The summed E-state index contributed by atoms with van der Waals surface area (Å²) in [6.07, 6.45) is 2.75. The van der Waals surface area contributed by atoms with Gasteiger partial charge in [0.1, 0.15) is 0 Å². The van der Waals surface area contributed by atoms with Gasteiger partial charge in [0.25, 0.3) is 0 Å². The Hall–Kier alpha value is -1.10. The van der Waals surface area contributed by atoms with E-state index >= 15 is 0 Å². The molecule has 5 heteroatoms. The van der Waals surface area contributed by atoms with Crippen LogP contribution in [0.2, 0.25) is 5.02 Å². The number of benzene rings is 1. The fourth-order valence-corrected chi connectivity index (χ4v) is 3.97. The number of nitrogens with zero attached hydrogens (tertiary/aromatic N) is 2. The molecule has 4 nitrogen and oxygen atoms in total. The third-order valence-electron chi connectivity index (χ3n) is 5.83. The Morgan fingerprint density at radius 1 is 1.23 bits per heavy atom. The standard InChI is InChI=1S/C21H33ClN2O2/c1-5-15(3)23(16(4)6-2)14-20(25)19-11-12-21(26)24(19)13-17-9-7-8-10-18(17)22/h7-10,15-16,19-20,25H,5-6,11-14H2,1-4H3/t15?,16?,19-,20-/m1/s1. The molecular formula is C21H33ClN2O2. The molecule has 0 aromatic heterocycles. The molecule has 0 saturated carbocycles. The van der Waals surface area contributed by atoms with Gasteiger partial charge in [-0.15, -0.1) is 0 Å². The van der Waals surface area contributed by atoms with Gasteiger partial charge in [0.05, 0.1) is 12.1 Å². The average Bonchev–Trinajstić information content (AvgIpc) is 3.00. The van der Waals surface area contributed by atoms with E-state index in [4.69, 9.17) is 11.6 Å². The zero-order chi connectivity index (χ0) is 19.3. The number of carbonyl (C=O) groups is 1. The van der Waals surface area contributed by atoms with E-state index in [9.17, 15) is 9.90 Å². The summed E-state index contributed by atoms with van der Waals surface area (Å²) in [5.74, 6) is 0.104. The monoisotopic (exact) mass is 380 g/mol. The Morgan fingerprint density at radius 3 is 2.42 bits per heavy atom. The lowest BCUT2D eigenvalue weighted by Gasteiger charge is -2.38. The summed E-state index contributed by atoms with van der Waals surface area (Å²) in [5.41, 5.74) is 0.933. The quantitative estimate of drug-likeness (QED) is 0.701. The topological polar surface area (TPSA) is 43.8 Å². The van der Waals surface area contributed by atoms with Gasteiger partial charge in [-0.3, -0.25) is 9.69 Å². The minimum absolute atomic E-state index is 0.104. The SMILES string of the molecule is CCC(C)N(C[C@@H](O)[C@H]1CCC(=O)N1Cc1ccccc1Cl)C(C)CC. The number of amides is 1. The largest absolute Gasteiger partial charge is 0.390 e. The highest BCUT2D eigenvalue weighted by atomic mass is 35.5. The zero-order valence-corrected chi connectivity index (χ0v) is 17.2. The normalized spacial score (nSPS) is 21.3. The number of aliphatic hydroxyl groups is 1. The van der Waals surface area contributed by atoms with Gasteiger partial charge >= 0.3 is 0 Å². The average molecular weight is 381 g/mol. The first-order valence-electron chi connectivity index (χ1n) is 9.85. The van der Waals surface area contributed by atoms with Crippen LogP contribution in [0.1, 0.15) is 58.9 Å². The van der Waals surface area contributed by atoms with Crippen LogP contribution in [0.4, 0.5) is 0 Å². The lowest BCUT2D eigenvalue weighted by atomic mass is 10.0. The molecule has 1 saturated heterocycles. The number of rotatable bonds is 9. The fraction of sp³-hybridized carbons (Fsp3) is 0.667. The molecule has 0 spiro atoms. The lowest BCUT2D eigenvalue weighted by Crippen LogP contribution is -2.50. The molecule has 1 fully saturated rings. The molecular weight excluding hydrogens is 348 g/mol. The minimum Gasteiger partial charge on any atom is -0.390 e. The van der Waals surface area contributed by atoms with Crippen LogP contribution in [0.25, 0.3) is 0 Å². The van der Waals surface area contributed by atoms with Crippen LogP contribution in [0.5, 0.6) is 0 Å². The molecule has 26 heavy (non-hydrogen) atoms. The lowest BCUT2D eigenvalue weighted by molar-refractivity contribution is -0.131. The predicted molar refractivity (Wildman–Crippen MR) is 107 cm³/mol. The molecule has 0 radical (unpaired) electrons. The van der Waals surface area contributed by atoms with Gasteiger partial charge in [-0.1, -0.05) is 43.6 Å². The summed E-state index contributed by atoms with van der Waals surface area (Å²) < 4.78 is 0. The van der Waals surface area contributed by atoms with Crippen molar-refractivity contribution in [2.24, 2.45) is 0 Å². The summed E-state index contributed by atoms with van der Waals surface area (Å²) in [5, 5.41) is 11.6. The maximum absolute atomic E-state index is 12.4. The summed E-state index contributed by atoms with van der Waals surface area (Å²) in [6.45, 7) is 9.83. The maximum Gasteiger partial charge on any atom is 0.223 e. The van der Waals surface area contributed by atoms with E-state index in [1.165, 1.54) is 0 Å². The van der Waals surface area contributed by atoms with E-state index in [1.54, 1.807) is 0 Å². The molecule has 1 aromatic carbocycles. The van der Waals surface area contributed by atoms with E-state index in [0.29, 0.717) is 43.0 Å². The van der Waals surface area contributed by atoms with Gasteiger partial charge in [0.15, 0.2) is 0 Å². The predicted octanol–water partition coefficient (Wildman–Crippen LogP) is 4.09. The third-order valence-corrected chi connectivity index (χ3v) is 6.20. The van der Waals surface area contributed by atoms with Gasteiger partial charge < -0.3 is 10.0 Å². The van der Waals surface area contributed by atoms with Crippen molar-refractivity contribution >= 4 is 17.5 Å². The Bertz CT molecular complexity index is 585. The molecule has 1 aromatic rings. The number of hydrogen-bond acceptors (Lipinski definition) is 3. The van der Waals surface area contributed by atoms with Crippen molar-refractivity contribution in [2.45, 2.75) is 84.2 Å². The number of halogens is 1. The first kappa shape index (κ1) is 21.2. The Morgan fingerprint density at radius 2 is 1.85 bits per heavy atom. The van der Waals surface area contributed by atoms with Crippen LogP contribution in [0, 0.1) is 0 Å². The summed E-state index contributed by atoms with van der Waals surface area (Å²) in [6, 6.07) is 8.29. The van der Waals surface area contributed by atoms with Gasteiger partial charge in [0, 0.05) is 36.6 Å². The van der Waals surface area contributed by atoms with Gasteiger partial charge in [-0.05, 0) is 44.7 Å². The molecule has 1 heterocycles. The first-order valence-corrected chi connectivity index (χ1v) is 10.2. The number of aliphatic hydroxyl groups excluding tert-OH is 1. The van der Waals surface area contributed by atoms with Gasteiger partial charge in [-0.25, -0.2) is 0 Å². The van der Waals surface area contributed by atoms with E-state index in [2.05, 4.69) is 32.6 Å². The van der Waals surface area contributed by atoms with E-state index in [-0.39, 0.29) is 11.9 Å². The second-order valence-corrected chi connectivity index (χ2v) is 7.90. The van der Waals surface area contributed by atoms with Crippen molar-refractivity contribution in [3.05, 3.63) is 34.9 Å². The smallest absolute Gasteiger partial charge is 0.223 e. The zero-order valence-electron chi connectivity index (χ0n) is 16.5. The van der Waals surface area contributed by atoms with Crippen LogP contribution in [-0.2, 0) is 11.3 Å². The molecule has 2 rings (SSSR count). The third kappa shape index (κ3) is 4.99. The molecule has 146 valence electrons. The van der Waals surface area contributed by atoms with Crippen LogP contribution < -0.4 is 0 Å². The van der Waals surface area contributed by atoms with E-state index in [0.717, 1.165) is 18.4 Å². The van der Waals surface area contributed by atoms with Crippen LogP contribution in [0.3, 0.4) is 0 Å².